The molecule has 0 bridgehead atoms. The molecule has 3 heterocycles. The van der Waals surface area contributed by atoms with Gasteiger partial charge in [0.2, 0.25) is 5.91 Å². The number of amides is 1. The second-order valence-corrected chi connectivity index (χ2v) is 7.77. The Bertz CT molecular complexity index is 1030. The average Bonchev–Trinajstić information content (AvgIpc) is 2.76. The van der Waals surface area contributed by atoms with E-state index in [4.69, 9.17) is 4.98 Å². The molecule has 1 fully saturated rings. The minimum absolute atomic E-state index is 0.102. The maximum atomic E-state index is 13.0. The number of nitrogens with zero attached hydrogens (tertiary/aromatic N) is 4. The monoisotopic (exact) mass is 420 g/mol. The van der Waals surface area contributed by atoms with E-state index in [1.807, 2.05) is 13.0 Å². The van der Waals surface area contributed by atoms with Crippen molar-refractivity contribution in [3.05, 3.63) is 72.2 Å². The number of aryl methyl sites for hydroxylation is 1. The van der Waals surface area contributed by atoms with Crippen molar-refractivity contribution in [1.29, 1.82) is 0 Å². The molecule has 2 aromatic heterocycles. The van der Waals surface area contributed by atoms with E-state index in [9.17, 15) is 9.18 Å². The molecular formula is C23H25FN6O. The number of carbonyl (C=O) groups is 1. The highest BCUT2D eigenvalue weighted by Gasteiger charge is 2.24. The minimum atomic E-state index is -0.323. The van der Waals surface area contributed by atoms with Crippen molar-refractivity contribution in [2.45, 2.75) is 25.7 Å². The van der Waals surface area contributed by atoms with Crippen molar-refractivity contribution in [1.82, 2.24) is 19.9 Å². The number of nitrogens with one attached hydrogen (secondary N) is 2. The minimum Gasteiger partial charge on any atom is -0.339 e. The Labute approximate surface area is 180 Å². The molecule has 0 aliphatic carbocycles. The van der Waals surface area contributed by atoms with Crippen molar-refractivity contribution >= 4 is 23.1 Å². The Morgan fingerprint density at radius 2 is 2.03 bits per heavy atom. The van der Waals surface area contributed by atoms with E-state index >= 15 is 0 Å². The van der Waals surface area contributed by atoms with Crippen LogP contribution in [-0.2, 0) is 4.79 Å². The van der Waals surface area contributed by atoms with Gasteiger partial charge in [0.25, 0.3) is 0 Å². The summed E-state index contributed by atoms with van der Waals surface area (Å²) in [6.45, 7) is 3.90. The Morgan fingerprint density at radius 1 is 1.19 bits per heavy atom. The molecule has 1 aliphatic heterocycles. The van der Waals surface area contributed by atoms with E-state index in [0.29, 0.717) is 18.1 Å². The molecular weight excluding hydrogens is 395 g/mol. The number of hydrogen-bond acceptors (Lipinski definition) is 6. The summed E-state index contributed by atoms with van der Waals surface area (Å²) >= 11 is 0. The van der Waals surface area contributed by atoms with Crippen LogP contribution in [0.3, 0.4) is 0 Å². The summed E-state index contributed by atoms with van der Waals surface area (Å²) in [4.78, 5) is 27.7. The number of anilines is 3. The lowest BCUT2D eigenvalue weighted by atomic mass is 9.93. The number of aromatic nitrogens is 3. The Kier molecular flexibility index (Phi) is 6.47. The first-order chi connectivity index (χ1) is 15.0. The lowest BCUT2D eigenvalue weighted by molar-refractivity contribution is -0.117. The van der Waals surface area contributed by atoms with Gasteiger partial charge in [-0.15, -0.1) is 0 Å². The van der Waals surface area contributed by atoms with Crippen LogP contribution >= 0.6 is 0 Å². The molecule has 1 amide bonds. The SMILES string of the molecule is Cc1cc(Nc2cnccn2)cc([C@@H]2CCCN(CC(=O)Nc3ccc(F)cc3)C2)n1. The highest BCUT2D eigenvalue weighted by Crippen LogP contribution is 2.28. The largest absolute Gasteiger partial charge is 0.339 e. The zero-order valence-corrected chi connectivity index (χ0v) is 17.4. The molecule has 1 aromatic carbocycles. The molecule has 1 atom stereocenters. The molecule has 0 saturated carbocycles. The molecule has 4 rings (SSSR count). The molecule has 1 saturated heterocycles. The predicted octanol–water partition coefficient (Wildman–Crippen LogP) is 3.88. The van der Waals surface area contributed by atoms with Crippen LogP contribution in [0, 0.1) is 12.7 Å². The lowest BCUT2D eigenvalue weighted by Gasteiger charge is -2.32. The Balaban J connectivity index is 1.39. The average molecular weight is 420 g/mol. The van der Waals surface area contributed by atoms with E-state index in [2.05, 4.69) is 31.6 Å². The van der Waals surface area contributed by atoms with E-state index in [1.165, 1.54) is 12.1 Å². The predicted molar refractivity (Wildman–Crippen MR) is 118 cm³/mol. The number of rotatable bonds is 6. The van der Waals surface area contributed by atoms with Crippen LogP contribution in [-0.4, -0.2) is 45.4 Å². The van der Waals surface area contributed by atoms with Gasteiger partial charge in [0.05, 0.1) is 12.7 Å². The Hall–Kier alpha value is -3.39. The van der Waals surface area contributed by atoms with E-state index in [0.717, 1.165) is 43.0 Å². The fourth-order valence-corrected chi connectivity index (χ4v) is 3.86. The molecule has 160 valence electrons. The fourth-order valence-electron chi connectivity index (χ4n) is 3.86. The van der Waals surface area contributed by atoms with Crippen LogP contribution in [0.4, 0.5) is 21.6 Å². The second-order valence-electron chi connectivity index (χ2n) is 7.77. The third-order valence-electron chi connectivity index (χ3n) is 5.23. The van der Waals surface area contributed by atoms with Gasteiger partial charge in [-0.05, 0) is 62.7 Å². The van der Waals surface area contributed by atoms with Gasteiger partial charge >= 0.3 is 0 Å². The van der Waals surface area contributed by atoms with E-state index < -0.39 is 0 Å². The van der Waals surface area contributed by atoms with Crippen LogP contribution < -0.4 is 10.6 Å². The number of pyridine rings is 1. The van der Waals surface area contributed by atoms with Gasteiger partial charge in [0.15, 0.2) is 0 Å². The van der Waals surface area contributed by atoms with Crippen LogP contribution in [0.1, 0.15) is 30.1 Å². The fraction of sp³-hybridized carbons (Fsp3) is 0.304. The molecule has 3 aromatic rings. The van der Waals surface area contributed by atoms with Gasteiger partial charge < -0.3 is 10.6 Å². The van der Waals surface area contributed by atoms with E-state index in [1.54, 1.807) is 30.7 Å². The smallest absolute Gasteiger partial charge is 0.238 e. The zero-order chi connectivity index (χ0) is 21.6. The molecule has 0 spiro atoms. The van der Waals surface area contributed by atoms with Crippen molar-refractivity contribution in [3.8, 4) is 0 Å². The topological polar surface area (TPSA) is 83.0 Å². The molecule has 1 aliphatic rings. The van der Waals surface area contributed by atoms with Gasteiger partial charge in [0.1, 0.15) is 11.6 Å². The first-order valence-electron chi connectivity index (χ1n) is 10.3. The number of carbonyl (C=O) groups excluding carboxylic acids is 1. The van der Waals surface area contributed by atoms with Gasteiger partial charge in [-0.3, -0.25) is 19.7 Å². The maximum Gasteiger partial charge on any atom is 0.238 e. The highest BCUT2D eigenvalue weighted by atomic mass is 19.1. The molecule has 8 heteroatoms. The molecule has 31 heavy (non-hydrogen) atoms. The second kappa shape index (κ2) is 9.61. The van der Waals surface area contributed by atoms with Crippen molar-refractivity contribution in [2.24, 2.45) is 0 Å². The summed E-state index contributed by atoms with van der Waals surface area (Å²) < 4.78 is 13.0. The molecule has 0 radical (unpaired) electrons. The van der Waals surface area contributed by atoms with Gasteiger partial charge in [-0.25, -0.2) is 9.37 Å². The van der Waals surface area contributed by atoms with Crippen LogP contribution in [0.25, 0.3) is 0 Å². The van der Waals surface area contributed by atoms with E-state index in [-0.39, 0.29) is 17.6 Å². The lowest BCUT2D eigenvalue weighted by Crippen LogP contribution is -2.40. The van der Waals surface area contributed by atoms with Gasteiger partial charge in [0, 0.05) is 47.6 Å². The first-order valence-corrected chi connectivity index (χ1v) is 10.3. The van der Waals surface area contributed by atoms with Crippen LogP contribution in [0.5, 0.6) is 0 Å². The van der Waals surface area contributed by atoms with Gasteiger partial charge in [-0.2, -0.15) is 0 Å². The number of likely N-dealkylation sites (tertiary alicyclic amines) is 1. The van der Waals surface area contributed by atoms with Crippen molar-refractivity contribution in [3.63, 3.8) is 0 Å². The standard InChI is InChI=1S/C23H25FN6O/c1-16-11-20(28-22-13-25-8-9-26-22)12-21(27-16)17-3-2-10-30(14-17)15-23(31)29-19-6-4-18(24)5-7-19/h4-9,11-13,17H,2-3,10,14-15H2,1H3,(H,29,31)(H,26,27,28)/t17-/m1/s1. The summed E-state index contributed by atoms with van der Waals surface area (Å²) in [5.74, 6) is 0.502. The maximum absolute atomic E-state index is 13.0. The first kappa shape index (κ1) is 20.9. The summed E-state index contributed by atoms with van der Waals surface area (Å²) in [5.41, 5.74) is 3.46. The number of halogens is 1. The quantitative estimate of drug-likeness (QED) is 0.630. The normalized spacial score (nSPS) is 16.6. The summed E-state index contributed by atoms with van der Waals surface area (Å²) in [6, 6.07) is 9.83. The van der Waals surface area contributed by atoms with Crippen molar-refractivity contribution in [2.75, 3.05) is 30.3 Å². The number of piperidine rings is 1. The summed E-state index contributed by atoms with van der Waals surface area (Å²) in [7, 11) is 0. The third kappa shape index (κ3) is 5.82. The molecule has 7 nitrogen and oxygen atoms in total. The molecule has 0 unspecified atom stereocenters. The third-order valence-corrected chi connectivity index (χ3v) is 5.23. The highest BCUT2D eigenvalue weighted by molar-refractivity contribution is 5.92. The number of hydrogen-bond donors (Lipinski definition) is 2. The summed E-state index contributed by atoms with van der Waals surface area (Å²) in [5, 5.41) is 6.11. The van der Waals surface area contributed by atoms with Gasteiger partial charge in [-0.1, -0.05) is 0 Å². The zero-order valence-electron chi connectivity index (χ0n) is 17.4. The summed E-state index contributed by atoms with van der Waals surface area (Å²) in [6.07, 6.45) is 6.98. The van der Waals surface area contributed by atoms with Crippen molar-refractivity contribution < 1.29 is 9.18 Å². The molecule has 2 N–H and O–H groups in total. The number of benzene rings is 1. The van der Waals surface area contributed by atoms with Crippen LogP contribution in [0.2, 0.25) is 0 Å². The Morgan fingerprint density at radius 3 is 2.81 bits per heavy atom. The van der Waals surface area contributed by atoms with Crippen LogP contribution in [0.15, 0.2) is 55.0 Å².